The third kappa shape index (κ3) is 2.01. The number of furan rings is 1. The van der Waals surface area contributed by atoms with Crippen molar-refractivity contribution in [3.05, 3.63) is 47.7 Å². The first-order chi connectivity index (χ1) is 7.70. The fourth-order valence-electron chi connectivity index (χ4n) is 1.54. The third-order valence-corrected chi connectivity index (χ3v) is 2.64. The maximum absolute atomic E-state index is 5.72. The van der Waals surface area contributed by atoms with Crippen molar-refractivity contribution in [1.82, 2.24) is 0 Å². The van der Waals surface area contributed by atoms with Crippen LogP contribution in [0.2, 0.25) is 0 Å². The second kappa shape index (κ2) is 4.28. The van der Waals surface area contributed by atoms with E-state index >= 15 is 0 Å². The minimum atomic E-state index is 0.0270. The summed E-state index contributed by atoms with van der Waals surface area (Å²) in [5.74, 6) is 4.41. The number of benzene rings is 1. The van der Waals surface area contributed by atoms with Crippen LogP contribution < -0.4 is 0 Å². The SMILES string of the molecule is C#CC(C)c1ccc(-c2ccc(C)cc2)o1. The van der Waals surface area contributed by atoms with E-state index in [0.29, 0.717) is 0 Å². The number of terminal acetylenes is 1. The second-order valence-corrected chi connectivity index (χ2v) is 3.96. The van der Waals surface area contributed by atoms with Crippen molar-refractivity contribution in [3.63, 3.8) is 0 Å². The molecule has 0 aliphatic rings. The summed E-state index contributed by atoms with van der Waals surface area (Å²) in [5, 5.41) is 0. The van der Waals surface area contributed by atoms with Gasteiger partial charge in [-0.1, -0.05) is 35.7 Å². The average Bonchev–Trinajstić information content (AvgIpc) is 2.78. The van der Waals surface area contributed by atoms with Crippen LogP contribution in [0.3, 0.4) is 0 Å². The highest BCUT2D eigenvalue weighted by Gasteiger charge is 2.08. The van der Waals surface area contributed by atoms with Gasteiger partial charge in [-0.05, 0) is 26.0 Å². The minimum absolute atomic E-state index is 0.0270. The molecule has 2 aromatic rings. The zero-order valence-corrected chi connectivity index (χ0v) is 9.53. The van der Waals surface area contributed by atoms with E-state index in [1.54, 1.807) is 0 Å². The Balaban J connectivity index is 2.32. The van der Waals surface area contributed by atoms with Crippen LogP contribution in [0, 0.1) is 19.3 Å². The van der Waals surface area contributed by atoms with Gasteiger partial charge in [0.15, 0.2) is 0 Å². The van der Waals surface area contributed by atoms with Crippen molar-refractivity contribution < 1.29 is 4.42 Å². The first kappa shape index (κ1) is 10.6. The molecule has 1 heteroatoms. The molecule has 16 heavy (non-hydrogen) atoms. The van der Waals surface area contributed by atoms with Gasteiger partial charge in [-0.25, -0.2) is 0 Å². The molecule has 1 unspecified atom stereocenters. The molecule has 1 aromatic carbocycles. The lowest BCUT2D eigenvalue weighted by atomic mass is 10.1. The van der Waals surface area contributed by atoms with Gasteiger partial charge in [0, 0.05) is 5.56 Å². The summed E-state index contributed by atoms with van der Waals surface area (Å²) < 4.78 is 5.72. The lowest BCUT2D eigenvalue weighted by Gasteiger charge is -2.00. The molecule has 2 rings (SSSR count). The molecule has 0 spiro atoms. The Bertz CT molecular complexity index is 511. The lowest BCUT2D eigenvalue weighted by Crippen LogP contribution is -1.84. The number of aryl methyl sites for hydroxylation is 1. The van der Waals surface area contributed by atoms with E-state index < -0.39 is 0 Å². The van der Waals surface area contributed by atoms with Gasteiger partial charge in [-0.2, -0.15) is 0 Å². The molecule has 0 fully saturated rings. The van der Waals surface area contributed by atoms with E-state index in [-0.39, 0.29) is 5.92 Å². The van der Waals surface area contributed by atoms with Crippen molar-refractivity contribution in [2.45, 2.75) is 19.8 Å². The molecule has 0 saturated carbocycles. The third-order valence-electron chi connectivity index (χ3n) is 2.64. The quantitative estimate of drug-likeness (QED) is 0.683. The van der Waals surface area contributed by atoms with Crippen LogP contribution in [0.4, 0.5) is 0 Å². The van der Waals surface area contributed by atoms with E-state index in [9.17, 15) is 0 Å². The number of hydrogen-bond donors (Lipinski definition) is 0. The molecule has 1 atom stereocenters. The molecule has 80 valence electrons. The van der Waals surface area contributed by atoms with Crippen LogP contribution in [0.1, 0.15) is 24.2 Å². The topological polar surface area (TPSA) is 13.1 Å². The highest BCUT2D eigenvalue weighted by atomic mass is 16.3. The molecule has 0 aliphatic carbocycles. The van der Waals surface area contributed by atoms with Gasteiger partial charge >= 0.3 is 0 Å². The summed E-state index contributed by atoms with van der Waals surface area (Å²) in [6, 6.07) is 12.2. The molecule has 0 saturated heterocycles. The standard InChI is InChI=1S/C15H14O/c1-4-12(3)14-9-10-15(16-14)13-7-5-11(2)6-8-13/h1,5-10,12H,2-3H3. The molecule has 0 amide bonds. The van der Waals surface area contributed by atoms with Gasteiger partial charge in [-0.15, -0.1) is 6.42 Å². The summed E-state index contributed by atoms with van der Waals surface area (Å²) in [6.45, 7) is 4.02. The molecule has 1 nitrogen and oxygen atoms in total. The smallest absolute Gasteiger partial charge is 0.134 e. The molecule has 0 bridgehead atoms. The Morgan fingerprint density at radius 3 is 2.44 bits per heavy atom. The van der Waals surface area contributed by atoms with Gasteiger partial charge < -0.3 is 4.42 Å². The van der Waals surface area contributed by atoms with Crippen LogP contribution in [0.15, 0.2) is 40.8 Å². The first-order valence-electron chi connectivity index (χ1n) is 5.33. The zero-order chi connectivity index (χ0) is 11.5. The van der Waals surface area contributed by atoms with Crippen molar-refractivity contribution >= 4 is 0 Å². The highest BCUT2D eigenvalue weighted by molar-refractivity contribution is 5.58. The summed E-state index contributed by atoms with van der Waals surface area (Å²) in [4.78, 5) is 0. The van der Waals surface area contributed by atoms with Crippen molar-refractivity contribution in [2.75, 3.05) is 0 Å². The Labute approximate surface area is 96.1 Å². The maximum Gasteiger partial charge on any atom is 0.134 e. The molecule has 0 radical (unpaired) electrons. The molecule has 0 aliphatic heterocycles. The summed E-state index contributed by atoms with van der Waals surface area (Å²) in [6.07, 6.45) is 5.36. The molecule has 1 heterocycles. The van der Waals surface area contributed by atoms with E-state index in [2.05, 4.69) is 37.1 Å². The predicted octanol–water partition coefficient (Wildman–Crippen LogP) is 3.99. The van der Waals surface area contributed by atoms with Crippen molar-refractivity contribution in [1.29, 1.82) is 0 Å². The lowest BCUT2D eigenvalue weighted by molar-refractivity contribution is 0.516. The maximum atomic E-state index is 5.72. The van der Waals surface area contributed by atoms with Crippen LogP contribution in [0.5, 0.6) is 0 Å². The Hall–Kier alpha value is -1.94. The van der Waals surface area contributed by atoms with Crippen LogP contribution in [-0.2, 0) is 0 Å². The van der Waals surface area contributed by atoms with Gasteiger partial charge in [0.25, 0.3) is 0 Å². The second-order valence-electron chi connectivity index (χ2n) is 3.96. The molecular weight excluding hydrogens is 196 g/mol. The van der Waals surface area contributed by atoms with Crippen molar-refractivity contribution in [3.8, 4) is 23.7 Å². The van der Waals surface area contributed by atoms with E-state index in [1.165, 1.54) is 5.56 Å². The Morgan fingerprint density at radius 2 is 1.81 bits per heavy atom. The predicted molar refractivity (Wildman–Crippen MR) is 66.1 cm³/mol. The Morgan fingerprint density at radius 1 is 1.12 bits per heavy atom. The minimum Gasteiger partial charge on any atom is -0.460 e. The van der Waals surface area contributed by atoms with Gasteiger partial charge in [0.1, 0.15) is 11.5 Å². The molecule has 1 aromatic heterocycles. The Kier molecular flexibility index (Phi) is 2.83. The number of hydrogen-bond acceptors (Lipinski definition) is 1. The fraction of sp³-hybridized carbons (Fsp3) is 0.200. The highest BCUT2D eigenvalue weighted by Crippen LogP contribution is 2.25. The van der Waals surface area contributed by atoms with Gasteiger partial charge in [0.05, 0.1) is 5.92 Å². The normalized spacial score (nSPS) is 12.1. The van der Waals surface area contributed by atoms with E-state index in [0.717, 1.165) is 17.1 Å². The summed E-state index contributed by atoms with van der Waals surface area (Å²) in [5.41, 5.74) is 2.33. The van der Waals surface area contributed by atoms with Crippen LogP contribution >= 0.6 is 0 Å². The zero-order valence-electron chi connectivity index (χ0n) is 9.53. The van der Waals surface area contributed by atoms with E-state index in [4.69, 9.17) is 10.8 Å². The largest absolute Gasteiger partial charge is 0.460 e. The number of rotatable bonds is 2. The molecule has 0 N–H and O–H groups in total. The van der Waals surface area contributed by atoms with Crippen LogP contribution in [0.25, 0.3) is 11.3 Å². The average molecular weight is 210 g/mol. The summed E-state index contributed by atoms with van der Waals surface area (Å²) >= 11 is 0. The van der Waals surface area contributed by atoms with E-state index in [1.807, 2.05) is 19.1 Å². The van der Waals surface area contributed by atoms with Crippen LogP contribution in [-0.4, -0.2) is 0 Å². The van der Waals surface area contributed by atoms with Gasteiger partial charge in [-0.3, -0.25) is 0 Å². The fourth-order valence-corrected chi connectivity index (χ4v) is 1.54. The molecular formula is C15H14O. The monoisotopic (exact) mass is 210 g/mol. The summed E-state index contributed by atoms with van der Waals surface area (Å²) in [7, 11) is 0. The van der Waals surface area contributed by atoms with Gasteiger partial charge in [0.2, 0.25) is 0 Å². The van der Waals surface area contributed by atoms with Crippen molar-refractivity contribution in [2.24, 2.45) is 0 Å². The first-order valence-corrected chi connectivity index (χ1v) is 5.33.